The zero-order valence-corrected chi connectivity index (χ0v) is 18.0. The van der Waals surface area contributed by atoms with E-state index in [2.05, 4.69) is 9.88 Å². The quantitative estimate of drug-likeness (QED) is 0.628. The van der Waals surface area contributed by atoms with Crippen molar-refractivity contribution in [2.75, 3.05) is 44.9 Å². The lowest BCUT2D eigenvalue weighted by Gasteiger charge is -2.34. The average molecular weight is 431 g/mol. The van der Waals surface area contributed by atoms with E-state index in [9.17, 15) is 4.79 Å². The lowest BCUT2D eigenvalue weighted by Crippen LogP contribution is -2.41. The van der Waals surface area contributed by atoms with Crippen LogP contribution in [0.1, 0.15) is 21.6 Å². The topological polar surface area (TPSA) is 80.7 Å². The van der Waals surface area contributed by atoms with Gasteiger partial charge in [0.2, 0.25) is 0 Å². The minimum absolute atomic E-state index is 0.0150. The Morgan fingerprint density at radius 3 is 2.75 bits per heavy atom. The lowest BCUT2D eigenvalue weighted by atomic mass is 10.0. The summed E-state index contributed by atoms with van der Waals surface area (Å²) in [5, 5.41) is 0. The maximum absolute atomic E-state index is 13.2. The Balaban J connectivity index is 1.50. The van der Waals surface area contributed by atoms with Crippen molar-refractivity contribution in [2.45, 2.75) is 13.0 Å². The number of aromatic nitrogens is 3. The minimum Gasteiger partial charge on any atom is -0.497 e. The predicted octanol–water partition coefficient (Wildman–Crippen LogP) is 2.58. The fourth-order valence-corrected chi connectivity index (χ4v) is 4.17. The second kappa shape index (κ2) is 8.92. The fourth-order valence-electron chi connectivity index (χ4n) is 4.17. The molecule has 164 valence electrons. The number of morpholine rings is 1. The zero-order chi connectivity index (χ0) is 21.9. The van der Waals surface area contributed by atoms with E-state index in [-0.39, 0.29) is 5.91 Å². The van der Waals surface area contributed by atoms with Crippen LogP contribution in [0.4, 0.5) is 5.82 Å². The summed E-state index contributed by atoms with van der Waals surface area (Å²) in [6.45, 7) is 3.93. The first-order valence-corrected chi connectivity index (χ1v) is 10.8. The van der Waals surface area contributed by atoms with Crippen LogP contribution in [0.2, 0.25) is 0 Å². The standard InChI is InChI=1S/C24H25N5O3/c1-31-19-6-2-4-17(14-19)24(30)29-9-7-21-20(16-29)23(28-10-12-32-13-11-28)27-22(26-21)18-5-3-8-25-15-18/h2-6,8,14-15H,7,9-13,16H2,1H3. The van der Waals surface area contributed by atoms with Crippen LogP contribution in [0.3, 0.4) is 0 Å². The Hall–Kier alpha value is -3.52. The molecule has 2 aromatic heterocycles. The number of carbonyl (C=O) groups excluding carboxylic acids is 1. The molecule has 0 saturated carbocycles. The molecule has 3 aromatic rings. The van der Waals surface area contributed by atoms with E-state index >= 15 is 0 Å². The van der Waals surface area contributed by atoms with Crippen LogP contribution in [0.5, 0.6) is 5.75 Å². The molecule has 1 fully saturated rings. The van der Waals surface area contributed by atoms with Crippen molar-refractivity contribution in [1.82, 2.24) is 19.9 Å². The van der Waals surface area contributed by atoms with E-state index in [0.717, 1.165) is 35.7 Å². The smallest absolute Gasteiger partial charge is 0.254 e. The third kappa shape index (κ3) is 4.01. The van der Waals surface area contributed by atoms with Crippen molar-refractivity contribution in [1.29, 1.82) is 0 Å². The number of fused-ring (bicyclic) bond motifs is 1. The van der Waals surface area contributed by atoms with Gasteiger partial charge in [-0.1, -0.05) is 6.07 Å². The van der Waals surface area contributed by atoms with Crippen molar-refractivity contribution >= 4 is 11.7 Å². The first kappa shape index (κ1) is 20.4. The van der Waals surface area contributed by atoms with E-state index in [1.54, 1.807) is 25.6 Å². The summed E-state index contributed by atoms with van der Waals surface area (Å²) >= 11 is 0. The van der Waals surface area contributed by atoms with Gasteiger partial charge in [0.15, 0.2) is 5.82 Å². The van der Waals surface area contributed by atoms with Crippen molar-refractivity contribution in [3.8, 4) is 17.1 Å². The van der Waals surface area contributed by atoms with Crippen molar-refractivity contribution in [2.24, 2.45) is 0 Å². The highest BCUT2D eigenvalue weighted by atomic mass is 16.5. The van der Waals surface area contributed by atoms with Gasteiger partial charge in [-0.3, -0.25) is 9.78 Å². The van der Waals surface area contributed by atoms with Crippen molar-refractivity contribution in [3.63, 3.8) is 0 Å². The molecule has 1 amide bonds. The molecule has 32 heavy (non-hydrogen) atoms. The number of carbonyl (C=O) groups is 1. The molecule has 2 aliphatic heterocycles. The van der Waals surface area contributed by atoms with Crippen LogP contribution >= 0.6 is 0 Å². The summed E-state index contributed by atoms with van der Waals surface area (Å²) in [5.74, 6) is 2.22. The summed E-state index contributed by atoms with van der Waals surface area (Å²) in [6.07, 6.45) is 4.21. The Kier molecular flexibility index (Phi) is 5.68. The largest absolute Gasteiger partial charge is 0.497 e. The van der Waals surface area contributed by atoms with Crippen LogP contribution in [0.15, 0.2) is 48.8 Å². The average Bonchev–Trinajstić information content (AvgIpc) is 2.88. The van der Waals surface area contributed by atoms with Gasteiger partial charge in [0, 0.05) is 55.1 Å². The number of hydrogen-bond donors (Lipinski definition) is 0. The first-order chi connectivity index (χ1) is 15.7. The summed E-state index contributed by atoms with van der Waals surface area (Å²) in [7, 11) is 1.60. The number of pyridine rings is 1. The molecule has 0 bridgehead atoms. The molecule has 8 nitrogen and oxygen atoms in total. The minimum atomic E-state index is -0.0150. The number of methoxy groups -OCH3 is 1. The third-order valence-corrected chi connectivity index (χ3v) is 5.87. The second-order valence-corrected chi connectivity index (χ2v) is 7.85. The molecule has 1 saturated heterocycles. The zero-order valence-electron chi connectivity index (χ0n) is 18.0. The van der Waals surface area contributed by atoms with E-state index in [1.807, 2.05) is 35.2 Å². The maximum atomic E-state index is 13.2. The summed E-state index contributed by atoms with van der Waals surface area (Å²) in [6, 6.07) is 11.1. The molecule has 0 N–H and O–H groups in total. The van der Waals surface area contributed by atoms with Gasteiger partial charge in [0.25, 0.3) is 5.91 Å². The van der Waals surface area contributed by atoms with Gasteiger partial charge in [0.05, 0.1) is 32.6 Å². The van der Waals surface area contributed by atoms with E-state index in [4.69, 9.17) is 19.4 Å². The number of rotatable bonds is 4. The van der Waals surface area contributed by atoms with Crippen molar-refractivity contribution < 1.29 is 14.3 Å². The van der Waals surface area contributed by atoms with Crippen molar-refractivity contribution in [3.05, 3.63) is 65.6 Å². The molecule has 0 spiro atoms. The number of nitrogens with zero attached hydrogens (tertiary/aromatic N) is 5. The molecule has 0 radical (unpaired) electrons. The molecule has 0 unspecified atom stereocenters. The van der Waals surface area contributed by atoms with Crippen LogP contribution in [0.25, 0.3) is 11.4 Å². The molecular formula is C24H25N5O3. The first-order valence-electron chi connectivity index (χ1n) is 10.8. The summed E-state index contributed by atoms with van der Waals surface area (Å²) in [5.41, 5.74) is 3.52. The van der Waals surface area contributed by atoms with Crippen LogP contribution in [0, 0.1) is 0 Å². The van der Waals surface area contributed by atoms with Gasteiger partial charge < -0.3 is 19.3 Å². The molecule has 5 rings (SSSR count). The molecule has 0 aliphatic carbocycles. The second-order valence-electron chi connectivity index (χ2n) is 7.85. The molecule has 4 heterocycles. The van der Waals surface area contributed by atoms with E-state index in [0.29, 0.717) is 49.9 Å². The monoisotopic (exact) mass is 431 g/mol. The highest BCUT2D eigenvalue weighted by molar-refractivity contribution is 5.94. The number of hydrogen-bond acceptors (Lipinski definition) is 7. The van der Waals surface area contributed by atoms with Gasteiger partial charge in [-0.2, -0.15) is 0 Å². The van der Waals surface area contributed by atoms with E-state index < -0.39 is 0 Å². The van der Waals surface area contributed by atoms with Gasteiger partial charge in [-0.25, -0.2) is 9.97 Å². The summed E-state index contributed by atoms with van der Waals surface area (Å²) in [4.78, 5) is 31.4. The summed E-state index contributed by atoms with van der Waals surface area (Å²) < 4.78 is 10.8. The Bertz CT molecular complexity index is 1120. The molecule has 2 aliphatic rings. The maximum Gasteiger partial charge on any atom is 0.254 e. The van der Waals surface area contributed by atoms with Crippen LogP contribution in [-0.2, 0) is 17.7 Å². The molecule has 1 aromatic carbocycles. The van der Waals surface area contributed by atoms with Gasteiger partial charge in [-0.15, -0.1) is 0 Å². The molecular weight excluding hydrogens is 406 g/mol. The highest BCUT2D eigenvalue weighted by Gasteiger charge is 2.29. The number of benzene rings is 1. The Morgan fingerprint density at radius 1 is 1.09 bits per heavy atom. The number of amides is 1. The van der Waals surface area contributed by atoms with Crippen LogP contribution in [-0.4, -0.2) is 65.7 Å². The molecule has 0 atom stereocenters. The van der Waals surface area contributed by atoms with Gasteiger partial charge in [0.1, 0.15) is 11.6 Å². The Morgan fingerprint density at radius 2 is 1.97 bits per heavy atom. The van der Waals surface area contributed by atoms with E-state index in [1.165, 1.54) is 0 Å². The SMILES string of the molecule is COc1cccc(C(=O)N2CCc3nc(-c4cccnc4)nc(N4CCOCC4)c3C2)c1. The Labute approximate surface area is 186 Å². The van der Waals surface area contributed by atoms with Crippen LogP contribution < -0.4 is 9.64 Å². The fraction of sp³-hybridized carbons (Fsp3) is 0.333. The predicted molar refractivity (Wildman–Crippen MR) is 120 cm³/mol. The number of anilines is 1. The lowest BCUT2D eigenvalue weighted by molar-refractivity contribution is 0.0732. The van der Waals surface area contributed by atoms with Gasteiger partial charge >= 0.3 is 0 Å². The van der Waals surface area contributed by atoms with Gasteiger partial charge in [-0.05, 0) is 30.3 Å². The third-order valence-electron chi connectivity index (χ3n) is 5.87. The number of ether oxygens (including phenoxy) is 2. The normalized spacial score (nSPS) is 15.9. The highest BCUT2D eigenvalue weighted by Crippen LogP contribution is 2.31. The molecule has 8 heteroatoms.